The summed E-state index contributed by atoms with van der Waals surface area (Å²) in [5, 5.41) is 17.7. The van der Waals surface area contributed by atoms with Crippen LogP contribution in [0.2, 0.25) is 0 Å². The number of methoxy groups -OCH3 is 3. The highest BCUT2D eigenvalue weighted by Crippen LogP contribution is 2.38. The molecule has 0 radical (unpaired) electrons. The number of urea groups is 1. The molecular weight excluding hydrogens is 646 g/mol. The van der Waals surface area contributed by atoms with E-state index in [1.54, 1.807) is 30.3 Å². The van der Waals surface area contributed by atoms with E-state index in [-0.39, 0.29) is 48.4 Å². The molecule has 0 heterocycles. The highest BCUT2D eigenvalue weighted by atomic mass is 16.5. The monoisotopic (exact) mass is 691 g/mol. The summed E-state index contributed by atoms with van der Waals surface area (Å²) in [7, 11) is 4.21. The molecule has 4 N–H and O–H groups in total. The zero-order valence-corrected chi connectivity index (χ0v) is 29.2. The van der Waals surface area contributed by atoms with Crippen LogP contribution in [0.15, 0.2) is 60.7 Å². The van der Waals surface area contributed by atoms with E-state index < -0.39 is 42.7 Å². The lowest BCUT2D eigenvalue weighted by atomic mass is 10.1. The second kappa shape index (κ2) is 18.7. The van der Waals surface area contributed by atoms with Gasteiger partial charge in [-0.2, -0.15) is 0 Å². The lowest BCUT2D eigenvalue weighted by Gasteiger charge is -2.28. The summed E-state index contributed by atoms with van der Waals surface area (Å²) in [4.78, 5) is 66.9. The molecule has 5 amide bonds. The van der Waals surface area contributed by atoms with E-state index in [0.29, 0.717) is 23.5 Å². The molecule has 0 aliphatic rings. The Morgan fingerprint density at radius 3 is 1.90 bits per heavy atom. The van der Waals surface area contributed by atoms with Gasteiger partial charge in [-0.15, -0.1) is 0 Å². The van der Waals surface area contributed by atoms with Gasteiger partial charge in [0.25, 0.3) is 5.91 Å². The quantitative estimate of drug-likeness (QED) is 0.150. The van der Waals surface area contributed by atoms with Crippen molar-refractivity contribution in [2.75, 3.05) is 63.5 Å². The Bertz CT molecular complexity index is 1630. The van der Waals surface area contributed by atoms with Crippen LogP contribution in [-0.2, 0) is 14.4 Å². The molecule has 0 bridgehead atoms. The van der Waals surface area contributed by atoms with Crippen molar-refractivity contribution in [1.82, 2.24) is 9.80 Å². The third-order valence-corrected chi connectivity index (χ3v) is 7.60. The minimum Gasteiger partial charge on any atom is -0.493 e. The van der Waals surface area contributed by atoms with Crippen molar-refractivity contribution in [3.8, 4) is 17.2 Å². The van der Waals surface area contributed by atoms with Crippen LogP contribution in [-0.4, -0.2) is 92.1 Å². The van der Waals surface area contributed by atoms with Gasteiger partial charge in [-0.3, -0.25) is 19.2 Å². The average Bonchev–Trinajstić information content (AvgIpc) is 3.08. The Balaban J connectivity index is 1.72. The van der Waals surface area contributed by atoms with Gasteiger partial charge in [0.05, 0.1) is 34.3 Å². The van der Waals surface area contributed by atoms with Gasteiger partial charge in [0, 0.05) is 35.7 Å². The number of carbonyl (C=O) groups is 5. The fourth-order valence-corrected chi connectivity index (χ4v) is 4.85. The normalized spacial score (nSPS) is 10.5. The molecule has 0 unspecified atom stereocenters. The van der Waals surface area contributed by atoms with Gasteiger partial charge in [-0.25, -0.2) is 4.79 Å². The number of aliphatic carboxylic acids is 1. The highest BCUT2D eigenvalue weighted by Gasteiger charge is 2.26. The summed E-state index contributed by atoms with van der Waals surface area (Å²) in [6.07, 6.45) is 0.175. The number of benzene rings is 3. The van der Waals surface area contributed by atoms with Crippen molar-refractivity contribution in [1.29, 1.82) is 0 Å². The maximum Gasteiger partial charge on any atom is 0.323 e. The number of amides is 5. The summed E-state index contributed by atoms with van der Waals surface area (Å²) in [6.45, 7) is 5.03. The van der Waals surface area contributed by atoms with Crippen molar-refractivity contribution in [2.45, 2.75) is 33.6 Å². The van der Waals surface area contributed by atoms with Crippen molar-refractivity contribution in [3.63, 3.8) is 0 Å². The number of nitrogens with one attached hydrogen (secondary N) is 3. The highest BCUT2D eigenvalue weighted by molar-refractivity contribution is 6.01. The molecule has 0 aliphatic carbocycles. The van der Waals surface area contributed by atoms with E-state index >= 15 is 0 Å². The maximum absolute atomic E-state index is 13.7. The summed E-state index contributed by atoms with van der Waals surface area (Å²) in [5.74, 6) is -1.90. The van der Waals surface area contributed by atoms with Crippen LogP contribution in [0.25, 0.3) is 0 Å². The van der Waals surface area contributed by atoms with Crippen molar-refractivity contribution in [3.05, 3.63) is 71.8 Å². The van der Waals surface area contributed by atoms with Crippen LogP contribution < -0.4 is 30.2 Å². The van der Waals surface area contributed by atoms with Gasteiger partial charge in [-0.05, 0) is 67.3 Å². The minimum atomic E-state index is -1.15. The molecule has 0 atom stereocenters. The van der Waals surface area contributed by atoms with Crippen LogP contribution in [0.3, 0.4) is 0 Å². The molecule has 0 aliphatic heterocycles. The molecule has 0 fully saturated rings. The number of nitrogens with zero attached hydrogens (tertiary/aromatic N) is 2. The van der Waals surface area contributed by atoms with Crippen molar-refractivity contribution >= 4 is 46.8 Å². The number of aryl methyl sites for hydroxylation is 1. The number of carbonyl (C=O) groups excluding carboxylic acids is 4. The number of carboxylic acids is 1. The molecular formula is C36H45N5O9. The molecule has 0 aromatic heterocycles. The second-order valence-corrected chi connectivity index (χ2v) is 11.8. The minimum absolute atomic E-state index is 0.0924. The van der Waals surface area contributed by atoms with E-state index in [1.165, 1.54) is 38.4 Å². The number of hydrogen-bond donors (Lipinski definition) is 4. The third-order valence-electron chi connectivity index (χ3n) is 7.60. The first-order chi connectivity index (χ1) is 23.8. The molecule has 3 aromatic carbocycles. The van der Waals surface area contributed by atoms with E-state index in [9.17, 15) is 29.1 Å². The molecule has 268 valence electrons. The van der Waals surface area contributed by atoms with Crippen LogP contribution in [0, 0.1) is 12.8 Å². The number of hydrogen-bond acceptors (Lipinski definition) is 8. The molecule has 14 heteroatoms. The van der Waals surface area contributed by atoms with Gasteiger partial charge < -0.3 is 45.1 Å². The Hall–Kier alpha value is -5.79. The Kier molecular flexibility index (Phi) is 14.4. The Morgan fingerprint density at radius 1 is 0.760 bits per heavy atom. The summed E-state index contributed by atoms with van der Waals surface area (Å²) < 4.78 is 16.0. The smallest absolute Gasteiger partial charge is 0.323 e. The number of ether oxygens (including phenoxy) is 3. The van der Waals surface area contributed by atoms with Crippen LogP contribution in [0.5, 0.6) is 17.2 Å². The van der Waals surface area contributed by atoms with Crippen molar-refractivity contribution in [2.24, 2.45) is 5.92 Å². The Labute approximate surface area is 291 Å². The van der Waals surface area contributed by atoms with Gasteiger partial charge in [-0.1, -0.05) is 32.0 Å². The molecule has 0 saturated heterocycles. The Morgan fingerprint density at radius 2 is 1.36 bits per heavy atom. The van der Waals surface area contributed by atoms with Gasteiger partial charge in [0.2, 0.25) is 17.6 Å². The predicted octanol–water partition coefficient (Wildman–Crippen LogP) is 5.10. The number of anilines is 3. The first-order valence-electron chi connectivity index (χ1n) is 16.0. The average molecular weight is 692 g/mol. The third kappa shape index (κ3) is 11.4. The maximum atomic E-state index is 13.7. The fourth-order valence-electron chi connectivity index (χ4n) is 4.85. The summed E-state index contributed by atoms with van der Waals surface area (Å²) in [6, 6.07) is 16.3. The zero-order valence-electron chi connectivity index (χ0n) is 29.2. The van der Waals surface area contributed by atoms with Crippen LogP contribution in [0.1, 0.15) is 42.6 Å². The van der Waals surface area contributed by atoms with Crippen LogP contribution >= 0.6 is 0 Å². The lowest BCUT2D eigenvalue weighted by molar-refractivity contribution is -0.138. The molecule has 50 heavy (non-hydrogen) atoms. The fraction of sp³-hybridized carbons (Fsp3) is 0.361. The zero-order chi connectivity index (χ0) is 36.8. The van der Waals surface area contributed by atoms with E-state index in [4.69, 9.17) is 14.2 Å². The number of rotatable bonds is 17. The largest absolute Gasteiger partial charge is 0.493 e. The van der Waals surface area contributed by atoms with Gasteiger partial charge in [0.1, 0.15) is 6.54 Å². The van der Waals surface area contributed by atoms with Crippen LogP contribution in [0.4, 0.5) is 21.9 Å². The van der Waals surface area contributed by atoms with Crippen molar-refractivity contribution < 1.29 is 43.3 Å². The molecule has 3 aromatic rings. The number of carboxylic acid groups (broad SMARTS) is 1. The molecule has 14 nitrogen and oxygen atoms in total. The van der Waals surface area contributed by atoms with Gasteiger partial charge in [0.15, 0.2) is 11.5 Å². The molecule has 3 rings (SSSR count). The van der Waals surface area contributed by atoms with E-state index in [1.807, 2.05) is 39.0 Å². The molecule has 0 saturated carbocycles. The first-order valence-corrected chi connectivity index (χ1v) is 16.0. The summed E-state index contributed by atoms with van der Waals surface area (Å²) in [5.41, 5.74) is 2.63. The van der Waals surface area contributed by atoms with E-state index in [2.05, 4.69) is 16.0 Å². The first kappa shape index (κ1) is 38.7. The topological polar surface area (TPSA) is 176 Å². The predicted molar refractivity (Wildman–Crippen MR) is 189 cm³/mol. The molecule has 0 spiro atoms. The van der Waals surface area contributed by atoms with E-state index in [0.717, 1.165) is 10.5 Å². The standard InChI is InChI=1S/C36H45N5O9/c1-23(2)15-17-40(21-31(42)37-26-11-13-27(14-12-26)38-36(47)39-28-10-8-7-9-24(28)3)32(43)22-41(18-16-33(44)45)35(46)25-19-29(48-4)34(50-6)30(20-25)49-5/h7-14,19-20,23H,15-18,21-22H2,1-6H3,(H,37,42)(H,44,45)(H2,38,39,47). The SMILES string of the molecule is COc1cc(C(=O)N(CCC(=O)O)CC(=O)N(CCC(C)C)CC(=O)Nc2ccc(NC(=O)Nc3ccccc3C)cc2)cc(OC)c1OC. The lowest BCUT2D eigenvalue weighted by Crippen LogP contribution is -2.46. The summed E-state index contributed by atoms with van der Waals surface area (Å²) >= 11 is 0. The second-order valence-electron chi connectivity index (χ2n) is 11.8. The van der Waals surface area contributed by atoms with Gasteiger partial charge >= 0.3 is 12.0 Å². The number of para-hydroxylation sites is 1.